The molecule has 0 atom stereocenters. The molecule has 0 aliphatic heterocycles. The van der Waals surface area contributed by atoms with Crippen molar-refractivity contribution >= 4 is 0 Å². The second-order valence-corrected chi connectivity index (χ2v) is 2.42. The zero-order valence-electron chi connectivity index (χ0n) is 6.32. The Morgan fingerprint density at radius 1 is 1.40 bits per heavy atom. The van der Waals surface area contributed by atoms with Gasteiger partial charge < -0.3 is 0 Å². The number of rotatable bonds is 1. The van der Waals surface area contributed by atoms with Crippen molar-refractivity contribution in [1.29, 1.82) is 0 Å². The molecular formula is C9H11F. The van der Waals surface area contributed by atoms with Gasteiger partial charge in [-0.2, -0.15) is 0 Å². The van der Waals surface area contributed by atoms with Gasteiger partial charge in [-0.1, -0.05) is 13.0 Å². The van der Waals surface area contributed by atoms with Gasteiger partial charge in [0, 0.05) is 0 Å². The molecule has 0 N–H and O–H groups in total. The molecule has 1 aromatic carbocycles. The molecule has 0 unspecified atom stereocenters. The van der Waals surface area contributed by atoms with Gasteiger partial charge in [0.1, 0.15) is 5.82 Å². The molecule has 0 aliphatic rings. The van der Waals surface area contributed by atoms with Crippen LogP contribution in [-0.2, 0) is 6.42 Å². The first kappa shape index (κ1) is 7.26. The van der Waals surface area contributed by atoms with Crippen molar-refractivity contribution < 1.29 is 4.39 Å². The number of benzene rings is 1. The molecule has 0 aliphatic carbocycles. The van der Waals surface area contributed by atoms with Crippen molar-refractivity contribution in [2.24, 2.45) is 0 Å². The second kappa shape index (κ2) is 2.82. The van der Waals surface area contributed by atoms with Crippen molar-refractivity contribution in [3.63, 3.8) is 0 Å². The average Bonchev–Trinajstić information content (AvgIpc) is 1.88. The smallest absolute Gasteiger partial charge is 0.123 e. The predicted molar refractivity (Wildman–Crippen MR) is 40.5 cm³/mol. The summed E-state index contributed by atoms with van der Waals surface area (Å²) in [7, 11) is 0. The summed E-state index contributed by atoms with van der Waals surface area (Å²) in [5.41, 5.74) is 2.27. The van der Waals surface area contributed by atoms with E-state index in [4.69, 9.17) is 0 Å². The Kier molecular flexibility index (Phi) is 2.05. The van der Waals surface area contributed by atoms with E-state index in [0.717, 1.165) is 12.0 Å². The van der Waals surface area contributed by atoms with Crippen molar-refractivity contribution in [2.45, 2.75) is 20.3 Å². The van der Waals surface area contributed by atoms with Crippen molar-refractivity contribution in [3.8, 4) is 0 Å². The highest BCUT2D eigenvalue weighted by molar-refractivity contribution is 5.26. The summed E-state index contributed by atoms with van der Waals surface area (Å²) < 4.78 is 12.5. The van der Waals surface area contributed by atoms with E-state index in [2.05, 4.69) is 6.92 Å². The first-order chi connectivity index (χ1) is 4.74. The number of hydrogen-bond acceptors (Lipinski definition) is 0. The zero-order valence-corrected chi connectivity index (χ0v) is 6.32. The summed E-state index contributed by atoms with van der Waals surface area (Å²) in [6.07, 6.45) is 0.978. The number of halogens is 1. The van der Waals surface area contributed by atoms with Crippen molar-refractivity contribution in [2.75, 3.05) is 0 Å². The molecule has 54 valence electrons. The molecule has 10 heavy (non-hydrogen) atoms. The van der Waals surface area contributed by atoms with Crippen LogP contribution in [0.4, 0.5) is 4.39 Å². The van der Waals surface area contributed by atoms with Crippen LogP contribution in [0.5, 0.6) is 0 Å². The highest BCUT2D eigenvalue weighted by Gasteiger charge is 1.95. The summed E-state index contributed by atoms with van der Waals surface area (Å²) in [6, 6.07) is 4.91. The fourth-order valence-corrected chi connectivity index (χ4v) is 1.06. The largest absolute Gasteiger partial charge is 0.207 e. The zero-order chi connectivity index (χ0) is 7.56. The van der Waals surface area contributed by atoms with E-state index in [1.54, 1.807) is 6.07 Å². The standard InChI is InChI=1S/C9H11F/c1-3-8-4-5-9(10)6-7(8)2/h4-6H,3H2,1-2H3. The summed E-state index contributed by atoms with van der Waals surface area (Å²) >= 11 is 0. The lowest BCUT2D eigenvalue weighted by atomic mass is 10.1. The minimum Gasteiger partial charge on any atom is -0.207 e. The Balaban J connectivity index is 3.07. The van der Waals surface area contributed by atoms with Gasteiger partial charge in [0.15, 0.2) is 0 Å². The van der Waals surface area contributed by atoms with Crippen LogP contribution in [0.25, 0.3) is 0 Å². The quantitative estimate of drug-likeness (QED) is 0.559. The maximum absolute atomic E-state index is 12.5. The third-order valence-corrected chi connectivity index (χ3v) is 1.69. The Hall–Kier alpha value is -0.850. The molecule has 0 heterocycles. The molecule has 0 bridgehead atoms. The molecule has 0 spiro atoms. The third-order valence-electron chi connectivity index (χ3n) is 1.69. The predicted octanol–water partition coefficient (Wildman–Crippen LogP) is 2.70. The lowest BCUT2D eigenvalue weighted by molar-refractivity contribution is 0.625. The van der Waals surface area contributed by atoms with Crippen LogP contribution in [0.1, 0.15) is 18.1 Å². The molecule has 1 heteroatoms. The topological polar surface area (TPSA) is 0 Å². The molecular weight excluding hydrogens is 127 g/mol. The molecule has 0 saturated heterocycles. The van der Waals surface area contributed by atoms with Gasteiger partial charge in [-0.25, -0.2) is 4.39 Å². The first-order valence-electron chi connectivity index (χ1n) is 3.49. The summed E-state index contributed by atoms with van der Waals surface area (Å²) in [5, 5.41) is 0. The van der Waals surface area contributed by atoms with Crippen LogP contribution >= 0.6 is 0 Å². The molecule has 1 aromatic rings. The Bertz CT molecular complexity index is 228. The first-order valence-corrected chi connectivity index (χ1v) is 3.49. The third kappa shape index (κ3) is 1.35. The van der Waals surface area contributed by atoms with Crippen LogP contribution in [0, 0.1) is 12.7 Å². The fourth-order valence-electron chi connectivity index (χ4n) is 1.06. The minimum atomic E-state index is -0.144. The maximum atomic E-state index is 12.5. The van der Waals surface area contributed by atoms with E-state index < -0.39 is 0 Å². The van der Waals surface area contributed by atoms with Crippen LogP contribution in [0.2, 0.25) is 0 Å². The maximum Gasteiger partial charge on any atom is 0.123 e. The van der Waals surface area contributed by atoms with Crippen LogP contribution in [-0.4, -0.2) is 0 Å². The van der Waals surface area contributed by atoms with E-state index in [1.165, 1.54) is 11.6 Å². The van der Waals surface area contributed by atoms with Gasteiger partial charge in [0.25, 0.3) is 0 Å². The van der Waals surface area contributed by atoms with E-state index in [1.807, 2.05) is 13.0 Å². The Morgan fingerprint density at radius 2 is 2.10 bits per heavy atom. The highest BCUT2D eigenvalue weighted by atomic mass is 19.1. The molecule has 0 fully saturated rings. The average molecular weight is 138 g/mol. The SMILES string of the molecule is CCc1ccc(F)cc1C. The Labute approximate surface area is 60.7 Å². The van der Waals surface area contributed by atoms with Crippen molar-refractivity contribution in [3.05, 3.63) is 35.1 Å². The second-order valence-electron chi connectivity index (χ2n) is 2.42. The number of hydrogen-bond donors (Lipinski definition) is 0. The van der Waals surface area contributed by atoms with Crippen molar-refractivity contribution in [1.82, 2.24) is 0 Å². The molecule has 1 rings (SSSR count). The lowest BCUT2D eigenvalue weighted by Crippen LogP contribution is -1.86. The molecule has 0 nitrogen and oxygen atoms in total. The molecule has 0 aromatic heterocycles. The van der Waals surface area contributed by atoms with Gasteiger partial charge >= 0.3 is 0 Å². The number of aryl methyl sites for hydroxylation is 2. The fraction of sp³-hybridized carbons (Fsp3) is 0.333. The minimum absolute atomic E-state index is 0.144. The van der Waals surface area contributed by atoms with Gasteiger partial charge in [0.2, 0.25) is 0 Å². The van der Waals surface area contributed by atoms with Crippen LogP contribution in [0.15, 0.2) is 18.2 Å². The molecule has 0 radical (unpaired) electrons. The van der Waals surface area contributed by atoms with Gasteiger partial charge in [0.05, 0.1) is 0 Å². The van der Waals surface area contributed by atoms with E-state index in [9.17, 15) is 4.39 Å². The summed E-state index contributed by atoms with van der Waals surface area (Å²) in [4.78, 5) is 0. The van der Waals surface area contributed by atoms with E-state index >= 15 is 0 Å². The summed E-state index contributed by atoms with van der Waals surface area (Å²) in [6.45, 7) is 4.00. The Morgan fingerprint density at radius 3 is 2.60 bits per heavy atom. The van der Waals surface area contributed by atoms with E-state index in [0.29, 0.717) is 0 Å². The normalized spacial score (nSPS) is 9.90. The molecule has 0 saturated carbocycles. The highest BCUT2D eigenvalue weighted by Crippen LogP contribution is 2.09. The van der Waals surface area contributed by atoms with Crippen LogP contribution < -0.4 is 0 Å². The van der Waals surface area contributed by atoms with Gasteiger partial charge in [-0.05, 0) is 36.6 Å². The monoisotopic (exact) mass is 138 g/mol. The summed E-state index contributed by atoms with van der Waals surface area (Å²) in [5.74, 6) is -0.144. The van der Waals surface area contributed by atoms with Gasteiger partial charge in [-0.15, -0.1) is 0 Å². The van der Waals surface area contributed by atoms with E-state index in [-0.39, 0.29) is 5.82 Å². The van der Waals surface area contributed by atoms with Crippen LogP contribution in [0.3, 0.4) is 0 Å². The lowest BCUT2D eigenvalue weighted by Gasteiger charge is -2.00. The molecule has 0 amide bonds. The van der Waals surface area contributed by atoms with Gasteiger partial charge in [-0.3, -0.25) is 0 Å².